The van der Waals surface area contributed by atoms with Crippen molar-refractivity contribution in [2.45, 2.75) is 6.92 Å². The minimum Gasteiger partial charge on any atom is -0.487 e. The van der Waals surface area contributed by atoms with E-state index in [2.05, 4.69) is 11.9 Å². The number of nitrogens with zero attached hydrogens (tertiary/aromatic N) is 1. The molecule has 23 heavy (non-hydrogen) atoms. The Morgan fingerprint density at radius 3 is 2.48 bits per heavy atom. The van der Waals surface area contributed by atoms with Crippen molar-refractivity contribution in [2.24, 2.45) is 0 Å². The molecule has 4 nitrogen and oxygen atoms in total. The molecule has 0 atom stereocenters. The van der Waals surface area contributed by atoms with E-state index in [1.807, 2.05) is 73.5 Å². The monoisotopic (exact) mass is 310 g/mol. The van der Waals surface area contributed by atoms with Crippen LogP contribution in [0, 0.1) is 0 Å². The number of rotatable bonds is 7. The van der Waals surface area contributed by atoms with Gasteiger partial charge < -0.3 is 15.0 Å². The zero-order valence-corrected chi connectivity index (χ0v) is 13.6. The summed E-state index contributed by atoms with van der Waals surface area (Å²) >= 11 is 0. The molecule has 0 heterocycles. The number of hydrogen-bond acceptors (Lipinski definition) is 3. The van der Waals surface area contributed by atoms with Gasteiger partial charge in [-0.3, -0.25) is 4.79 Å². The molecule has 0 bridgehead atoms. The highest BCUT2D eigenvalue weighted by Gasteiger charge is 2.10. The van der Waals surface area contributed by atoms with E-state index in [-0.39, 0.29) is 12.5 Å². The number of nitrogens with one attached hydrogen (secondary N) is 1. The molecule has 0 aliphatic rings. The van der Waals surface area contributed by atoms with Crippen LogP contribution in [-0.4, -0.2) is 26.1 Å². The molecule has 0 radical (unpaired) electrons. The van der Waals surface area contributed by atoms with Gasteiger partial charge in [0.2, 0.25) is 5.91 Å². The quantitative estimate of drug-likeness (QED) is 0.793. The Bertz CT molecular complexity index is 668. The molecular formula is C19H22N2O2. The summed E-state index contributed by atoms with van der Waals surface area (Å²) in [6.45, 7) is 6.40. The number of anilines is 2. The molecule has 0 spiro atoms. The van der Waals surface area contributed by atoms with Gasteiger partial charge in [0.15, 0.2) is 0 Å². The van der Waals surface area contributed by atoms with Gasteiger partial charge in [0.1, 0.15) is 12.4 Å². The molecule has 1 amide bonds. The van der Waals surface area contributed by atoms with Crippen LogP contribution >= 0.6 is 0 Å². The van der Waals surface area contributed by atoms with Crippen molar-refractivity contribution in [1.29, 1.82) is 0 Å². The van der Waals surface area contributed by atoms with Gasteiger partial charge in [-0.05, 0) is 36.8 Å². The van der Waals surface area contributed by atoms with Crippen LogP contribution in [-0.2, 0) is 4.79 Å². The highest BCUT2D eigenvalue weighted by molar-refractivity contribution is 5.95. The molecule has 0 aliphatic carbocycles. The molecule has 0 fully saturated rings. The number of benzene rings is 2. The predicted octanol–water partition coefficient (Wildman–Crippen LogP) is 3.72. The zero-order chi connectivity index (χ0) is 16.7. The molecule has 0 saturated heterocycles. The van der Waals surface area contributed by atoms with E-state index in [0.717, 1.165) is 11.3 Å². The number of ether oxygens (including phenoxy) is 1. The number of carbonyl (C=O) groups is 1. The SMILES string of the molecule is C=C(C)COc1ccccc1NC(=O)CN(C)c1ccccc1. The summed E-state index contributed by atoms with van der Waals surface area (Å²) in [6.07, 6.45) is 0. The summed E-state index contributed by atoms with van der Waals surface area (Å²) in [5, 5.41) is 2.90. The Balaban J connectivity index is 1.99. The summed E-state index contributed by atoms with van der Waals surface area (Å²) in [4.78, 5) is 14.2. The first kappa shape index (κ1) is 16.6. The van der Waals surface area contributed by atoms with Crippen molar-refractivity contribution >= 4 is 17.3 Å². The van der Waals surface area contributed by atoms with Crippen molar-refractivity contribution in [3.8, 4) is 5.75 Å². The number of amides is 1. The van der Waals surface area contributed by atoms with Gasteiger partial charge in [0, 0.05) is 12.7 Å². The maximum atomic E-state index is 12.3. The number of para-hydroxylation sites is 3. The number of carbonyl (C=O) groups excluding carboxylic acids is 1. The lowest BCUT2D eigenvalue weighted by molar-refractivity contribution is -0.114. The Morgan fingerprint density at radius 1 is 1.13 bits per heavy atom. The molecule has 2 aromatic carbocycles. The first-order valence-corrected chi connectivity index (χ1v) is 7.48. The maximum Gasteiger partial charge on any atom is 0.243 e. The number of hydrogen-bond donors (Lipinski definition) is 1. The lowest BCUT2D eigenvalue weighted by Gasteiger charge is -2.19. The fraction of sp³-hybridized carbons (Fsp3) is 0.211. The maximum absolute atomic E-state index is 12.3. The van der Waals surface area contributed by atoms with Gasteiger partial charge in [-0.2, -0.15) is 0 Å². The molecule has 0 unspecified atom stereocenters. The average Bonchev–Trinajstić information content (AvgIpc) is 2.54. The van der Waals surface area contributed by atoms with Gasteiger partial charge >= 0.3 is 0 Å². The molecule has 4 heteroatoms. The normalized spacial score (nSPS) is 10.0. The third-order valence-electron chi connectivity index (χ3n) is 3.21. The standard InChI is InChI=1S/C19H22N2O2/c1-15(2)14-23-18-12-8-7-11-17(18)20-19(22)13-21(3)16-9-5-4-6-10-16/h4-12H,1,13-14H2,2-3H3,(H,20,22). The van der Waals surface area contributed by atoms with E-state index >= 15 is 0 Å². The fourth-order valence-corrected chi connectivity index (χ4v) is 2.08. The van der Waals surface area contributed by atoms with E-state index < -0.39 is 0 Å². The second-order valence-corrected chi connectivity index (χ2v) is 5.48. The minimum absolute atomic E-state index is 0.0947. The Labute approximate surface area is 137 Å². The van der Waals surface area contributed by atoms with Crippen molar-refractivity contribution in [1.82, 2.24) is 0 Å². The topological polar surface area (TPSA) is 41.6 Å². The van der Waals surface area contributed by atoms with Crippen LogP contribution in [0.5, 0.6) is 5.75 Å². The molecule has 2 rings (SSSR count). The molecule has 2 aromatic rings. The zero-order valence-electron chi connectivity index (χ0n) is 13.6. The van der Waals surface area contributed by atoms with E-state index in [4.69, 9.17) is 4.74 Å². The largest absolute Gasteiger partial charge is 0.487 e. The van der Waals surface area contributed by atoms with Crippen molar-refractivity contribution in [3.05, 3.63) is 66.7 Å². The van der Waals surface area contributed by atoms with Crippen LogP contribution in [0.15, 0.2) is 66.7 Å². The summed E-state index contributed by atoms with van der Waals surface area (Å²) in [5.41, 5.74) is 2.59. The Hall–Kier alpha value is -2.75. The van der Waals surface area contributed by atoms with Crippen LogP contribution < -0.4 is 15.0 Å². The van der Waals surface area contributed by atoms with Gasteiger partial charge in [-0.25, -0.2) is 0 Å². The van der Waals surface area contributed by atoms with Crippen molar-refractivity contribution in [2.75, 3.05) is 30.4 Å². The predicted molar refractivity (Wildman–Crippen MR) is 95.1 cm³/mol. The van der Waals surface area contributed by atoms with E-state index in [1.165, 1.54) is 0 Å². The lowest BCUT2D eigenvalue weighted by atomic mass is 10.2. The van der Waals surface area contributed by atoms with Gasteiger partial charge in [0.05, 0.1) is 12.2 Å². The van der Waals surface area contributed by atoms with Crippen LogP contribution in [0.4, 0.5) is 11.4 Å². The van der Waals surface area contributed by atoms with Crippen LogP contribution in [0.25, 0.3) is 0 Å². The molecule has 1 N–H and O–H groups in total. The van der Waals surface area contributed by atoms with E-state index in [0.29, 0.717) is 18.0 Å². The Kier molecular flexibility index (Phi) is 5.80. The summed E-state index contributed by atoms with van der Waals surface area (Å²) in [6, 6.07) is 17.2. The highest BCUT2D eigenvalue weighted by atomic mass is 16.5. The number of likely N-dealkylation sites (N-methyl/N-ethyl adjacent to an activating group) is 1. The summed E-state index contributed by atoms with van der Waals surface area (Å²) in [5.74, 6) is 0.550. The molecule has 0 saturated carbocycles. The van der Waals surface area contributed by atoms with Crippen LogP contribution in [0.2, 0.25) is 0 Å². The smallest absolute Gasteiger partial charge is 0.243 e. The fourth-order valence-electron chi connectivity index (χ4n) is 2.08. The molecule has 0 aliphatic heterocycles. The molecular weight excluding hydrogens is 288 g/mol. The summed E-state index contributed by atoms with van der Waals surface area (Å²) < 4.78 is 5.66. The first-order valence-electron chi connectivity index (χ1n) is 7.48. The third kappa shape index (κ3) is 5.18. The third-order valence-corrected chi connectivity index (χ3v) is 3.21. The molecule has 0 aromatic heterocycles. The van der Waals surface area contributed by atoms with Gasteiger partial charge in [0.25, 0.3) is 0 Å². The average molecular weight is 310 g/mol. The van der Waals surface area contributed by atoms with Crippen LogP contribution in [0.3, 0.4) is 0 Å². The minimum atomic E-state index is -0.0947. The van der Waals surface area contributed by atoms with Crippen LogP contribution in [0.1, 0.15) is 6.92 Å². The van der Waals surface area contributed by atoms with Gasteiger partial charge in [-0.15, -0.1) is 0 Å². The van der Waals surface area contributed by atoms with Crippen molar-refractivity contribution in [3.63, 3.8) is 0 Å². The Morgan fingerprint density at radius 2 is 1.78 bits per heavy atom. The van der Waals surface area contributed by atoms with E-state index in [1.54, 1.807) is 0 Å². The van der Waals surface area contributed by atoms with E-state index in [9.17, 15) is 4.79 Å². The lowest BCUT2D eigenvalue weighted by Crippen LogP contribution is -2.30. The van der Waals surface area contributed by atoms with Crippen molar-refractivity contribution < 1.29 is 9.53 Å². The van der Waals surface area contributed by atoms with Gasteiger partial charge in [-0.1, -0.05) is 36.9 Å². The molecule has 120 valence electrons. The second kappa shape index (κ2) is 8.03. The second-order valence-electron chi connectivity index (χ2n) is 5.48. The summed E-state index contributed by atoms with van der Waals surface area (Å²) in [7, 11) is 1.89. The first-order chi connectivity index (χ1) is 11.1. The highest BCUT2D eigenvalue weighted by Crippen LogP contribution is 2.24.